The van der Waals surface area contributed by atoms with Gasteiger partial charge in [0, 0.05) is 45.3 Å². The van der Waals surface area contributed by atoms with Crippen molar-refractivity contribution in [3.05, 3.63) is 0 Å². The molecule has 0 aliphatic carbocycles. The third kappa shape index (κ3) is 5.95. The van der Waals surface area contributed by atoms with E-state index in [2.05, 4.69) is 27.4 Å². The number of likely N-dealkylation sites (tertiary alicyclic amines) is 1. The number of alkyl halides is 3. The van der Waals surface area contributed by atoms with Crippen LogP contribution in [0.25, 0.3) is 0 Å². The molecule has 1 unspecified atom stereocenters. The van der Waals surface area contributed by atoms with Crippen LogP contribution < -0.4 is 10.6 Å². The van der Waals surface area contributed by atoms with Crippen LogP contribution >= 0.6 is 0 Å². The Hall–Kier alpha value is -1.07. The summed E-state index contributed by atoms with van der Waals surface area (Å²) in [7, 11) is -3.59. The van der Waals surface area contributed by atoms with E-state index in [1.54, 1.807) is 7.05 Å². The van der Waals surface area contributed by atoms with E-state index in [1.165, 1.54) is 19.3 Å². The maximum atomic E-state index is 12.6. The third-order valence-electron chi connectivity index (χ3n) is 5.28. The molecule has 158 valence electrons. The number of rotatable bonds is 5. The second-order valence-electron chi connectivity index (χ2n) is 7.15. The average Bonchev–Trinajstić information content (AvgIpc) is 2.62. The molecule has 2 fully saturated rings. The van der Waals surface area contributed by atoms with Crippen LogP contribution in [-0.2, 0) is 10.0 Å². The van der Waals surface area contributed by atoms with E-state index in [4.69, 9.17) is 0 Å². The second-order valence-corrected chi connectivity index (χ2v) is 9.08. The predicted octanol–water partition coefficient (Wildman–Crippen LogP) is 1.34. The minimum atomic E-state index is -5.24. The van der Waals surface area contributed by atoms with Gasteiger partial charge in [-0.25, -0.2) is 8.42 Å². The highest BCUT2D eigenvalue weighted by atomic mass is 32.2. The zero-order valence-corrected chi connectivity index (χ0v) is 16.7. The van der Waals surface area contributed by atoms with E-state index in [0.29, 0.717) is 29.1 Å². The molecule has 0 aromatic heterocycles. The molecule has 0 bridgehead atoms. The molecule has 0 aromatic rings. The summed E-state index contributed by atoms with van der Waals surface area (Å²) >= 11 is 0. The first kappa shape index (κ1) is 22.2. The number of aliphatic imine (C=N–C) groups is 1. The second kappa shape index (κ2) is 9.42. The van der Waals surface area contributed by atoms with Crippen molar-refractivity contribution in [3.8, 4) is 0 Å². The minimum absolute atomic E-state index is 0.107. The smallest absolute Gasteiger partial charge is 0.355 e. The van der Waals surface area contributed by atoms with Gasteiger partial charge in [-0.15, -0.1) is 0 Å². The third-order valence-corrected chi connectivity index (χ3v) is 6.91. The molecule has 0 aromatic carbocycles. The van der Waals surface area contributed by atoms with E-state index < -0.39 is 15.5 Å². The van der Waals surface area contributed by atoms with Crippen molar-refractivity contribution < 1.29 is 21.6 Å². The van der Waals surface area contributed by atoms with Gasteiger partial charge in [0.25, 0.3) is 0 Å². The predicted molar refractivity (Wildman–Crippen MR) is 99.0 cm³/mol. The molecule has 0 saturated carbocycles. The Labute approximate surface area is 159 Å². The van der Waals surface area contributed by atoms with Crippen molar-refractivity contribution >= 4 is 16.0 Å². The van der Waals surface area contributed by atoms with Crippen molar-refractivity contribution in [2.75, 3.05) is 39.8 Å². The fourth-order valence-corrected chi connectivity index (χ4v) is 4.57. The Morgan fingerprint density at radius 1 is 1.15 bits per heavy atom. The molecular formula is C16H30F3N5O2S. The summed E-state index contributed by atoms with van der Waals surface area (Å²) in [5.41, 5.74) is -5.24. The highest BCUT2D eigenvalue weighted by molar-refractivity contribution is 7.90. The van der Waals surface area contributed by atoms with Crippen LogP contribution in [0, 0.1) is 0 Å². The average molecular weight is 414 g/mol. The summed E-state index contributed by atoms with van der Waals surface area (Å²) in [5, 5.41) is 6.42. The van der Waals surface area contributed by atoms with Crippen LogP contribution in [-0.4, -0.2) is 80.9 Å². The molecule has 2 N–H and O–H groups in total. The molecule has 2 aliphatic heterocycles. The summed E-state index contributed by atoms with van der Waals surface area (Å²) in [6.45, 7) is 4.66. The van der Waals surface area contributed by atoms with Crippen molar-refractivity contribution in [1.29, 1.82) is 0 Å². The molecule has 11 heteroatoms. The molecule has 2 aliphatic rings. The zero-order chi connectivity index (χ0) is 20.1. The number of halogens is 3. The first-order chi connectivity index (χ1) is 12.6. The fraction of sp³-hybridized carbons (Fsp3) is 0.938. The van der Waals surface area contributed by atoms with Crippen LogP contribution in [0.1, 0.15) is 39.0 Å². The highest BCUT2D eigenvalue weighted by Crippen LogP contribution is 2.28. The van der Waals surface area contributed by atoms with Gasteiger partial charge < -0.3 is 10.6 Å². The van der Waals surface area contributed by atoms with E-state index in [-0.39, 0.29) is 19.1 Å². The highest BCUT2D eigenvalue weighted by Gasteiger charge is 2.50. The van der Waals surface area contributed by atoms with Crippen molar-refractivity contribution in [3.63, 3.8) is 0 Å². The SMILES string of the molecule is CN=C(NCCN1CCCCC1C)NC1CCN(S(=O)(=O)C(F)(F)F)CC1. The number of nitrogens with one attached hydrogen (secondary N) is 2. The molecular weight excluding hydrogens is 383 g/mol. The number of hydrogen-bond acceptors (Lipinski definition) is 4. The Morgan fingerprint density at radius 3 is 2.37 bits per heavy atom. The number of nitrogens with zero attached hydrogens (tertiary/aromatic N) is 3. The summed E-state index contributed by atoms with van der Waals surface area (Å²) in [5.74, 6) is 0.594. The first-order valence-corrected chi connectivity index (χ1v) is 10.9. The Morgan fingerprint density at radius 2 is 1.81 bits per heavy atom. The lowest BCUT2D eigenvalue weighted by atomic mass is 10.0. The Kier molecular flexibility index (Phi) is 7.75. The number of piperidine rings is 2. The first-order valence-electron chi connectivity index (χ1n) is 9.43. The largest absolute Gasteiger partial charge is 0.511 e. The molecule has 0 amide bonds. The molecule has 2 rings (SSSR count). The normalized spacial score (nSPS) is 24.8. The number of sulfonamides is 1. The maximum absolute atomic E-state index is 12.6. The van der Waals surface area contributed by atoms with Crippen LogP contribution in [0.2, 0.25) is 0 Å². The summed E-state index contributed by atoms with van der Waals surface area (Å²) < 4.78 is 61.3. The quantitative estimate of drug-likeness (QED) is 0.526. The molecule has 2 saturated heterocycles. The van der Waals surface area contributed by atoms with Gasteiger partial charge in [0.1, 0.15) is 0 Å². The molecule has 27 heavy (non-hydrogen) atoms. The summed E-state index contributed by atoms with van der Waals surface area (Å²) in [6, 6.07) is 0.472. The van der Waals surface area contributed by atoms with Crippen LogP contribution in [0.15, 0.2) is 4.99 Å². The fourth-order valence-electron chi connectivity index (χ4n) is 3.58. The molecule has 2 heterocycles. The van der Waals surface area contributed by atoms with E-state index in [9.17, 15) is 21.6 Å². The lowest BCUT2D eigenvalue weighted by molar-refractivity contribution is -0.0494. The van der Waals surface area contributed by atoms with Gasteiger partial charge in [0.2, 0.25) is 0 Å². The molecule has 1 atom stereocenters. The topological polar surface area (TPSA) is 77.0 Å². The Bertz CT molecular complexity index is 604. The maximum Gasteiger partial charge on any atom is 0.511 e. The van der Waals surface area contributed by atoms with Gasteiger partial charge in [-0.3, -0.25) is 9.89 Å². The van der Waals surface area contributed by atoms with Crippen molar-refractivity contribution in [1.82, 2.24) is 19.8 Å². The van der Waals surface area contributed by atoms with Gasteiger partial charge in [-0.2, -0.15) is 17.5 Å². The standard InChI is InChI=1S/C16H30F3N5O2S/c1-13-5-3-4-9-23(13)12-8-21-15(20-2)22-14-6-10-24(11-7-14)27(25,26)16(17,18)19/h13-14H,3-12H2,1-2H3,(H2,20,21,22). The molecule has 7 nitrogen and oxygen atoms in total. The summed E-state index contributed by atoms with van der Waals surface area (Å²) in [4.78, 5) is 6.59. The number of hydrogen-bond donors (Lipinski definition) is 2. The van der Waals surface area contributed by atoms with Crippen LogP contribution in [0.3, 0.4) is 0 Å². The zero-order valence-electron chi connectivity index (χ0n) is 15.9. The van der Waals surface area contributed by atoms with E-state index in [0.717, 1.165) is 19.6 Å². The molecule has 0 spiro atoms. The Balaban J connectivity index is 1.75. The van der Waals surface area contributed by atoms with Gasteiger partial charge in [0.15, 0.2) is 5.96 Å². The van der Waals surface area contributed by atoms with Gasteiger partial charge in [0.05, 0.1) is 0 Å². The van der Waals surface area contributed by atoms with E-state index in [1.807, 2.05) is 0 Å². The lowest BCUT2D eigenvalue weighted by Gasteiger charge is -2.34. The van der Waals surface area contributed by atoms with E-state index >= 15 is 0 Å². The monoisotopic (exact) mass is 413 g/mol. The van der Waals surface area contributed by atoms with Crippen LogP contribution in [0.5, 0.6) is 0 Å². The molecule has 0 radical (unpaired) electrons. The minimum Gasteiger partial charge on any atom is -0.355 e. The lowest BCUT2D eigenvalue weighted by Crippen LogP contribution is -2.52. The van der Waals surface area contributed by atoms with Crippen molar-refractivity contribution in [2.45, 2.75) is 56.6 Å². The van der Waals surface area contributed by atoms with Crippen LogP contribution in [0.4, 0.5) is 13.2 Å². The summed E-state index contributed by atoms with van der Waals surface area (Å²) in [6.07, 6.45) is 4.32. The van der Waals surface area contributed by atoms with Crippen molar-refractivity contribution in [2.24, 2.45) is 4.99 Å². The van der Waals surface area contributed by atoms with Gasteiger partial charge in [-0.05, 0) is 39.2 Å². The number of guanidine groups is 1. The van der Waals surface area contributed by atoms with Gasteiger partial charge >= 0.3 is 15.5 Å². The van der Waals surface area contributed by atoms with Gasteiger partial charge in [-0.1, -0.05) is 6.42 Å².